The van der Waals surface area contributed by atoms with E-state index in [4.69, 9.17) is 4.74 Å². The molecule has 4 aliphatic rings. The van der Waals surface area contributed by atoms with Gasteiger partial charge in [0.15, 0.2) is 5.72 Å². The summed E-state index contributed by atoms with van der Waals surface area (Å²) in [6.45, 7) is 0.930. The monoisotopic (exact) mass is 441 g/mol. The zero-order chi connectivity index (χ0) is 22.3. The molecule has 0 unspecified atom stereocenters. The Kier molecular flexibility index (Phi) is 5.57. The fourth-order valence-electron chi connectivity index (χ4n) is 5.87. The van der Waals surface area contributed by atoms with Crippen molar-refractivity contribution >= 4 is 17.7 Å². The number of carbonyl (C=O) groups excluding carboxylic acids is 3. The largest absolute Gasteiger partial charge is 0.467 e. The van der Waals surface area contributed by atoms with Gasteiger partial charge >= 0.3 is 0 Å². The lowest BCUT2D eigenvalue weighted by Gasteiger charge is -2.46. The topological polar surface area (TPSA) is 99.2 Å². The first-order valence-corrected chi connectivity index (χ1v) is 11.8. The maximum atomic E-state index is 13.2. The minimum absolute atomic E-state index is 0.0404. The van der Waals surface area contributed by atoms with E-state index in [1.165, 1.54) is 0 Å². The van der Waals surface area contributed by atoms with Crippen LogP contribution in [0.15, 0.2) is 24.3 Å². The van der Waals surface area contributed by atoms with E-state index < -0.39 is 5.72 Å². The summed E-state index contributed by atoms with van der Waals surface area (Å²) in [5, 5.41) is 13.4. The Morgan fingerprint density at radius 1 is 1.12 bits per heavy atom. The molecule has 3 aliphatic heterocycles. The van der Waals surface area contributed by atoms with Crippen LogP contribution in [0.4, 0.5) is 0 Å². The van der Waals surface area contributed by atoms with Crippen LogP contribution in [0.25, 0.3) is 0 Å². The van der Waals surface area contributed by atoms with E-state index in [2.05, 4.69) is 5.32 Å². The van der Waals surface area contributed by atoms with Crippen molar-refractivity contribution in [3.05, 3.63) is 29.8 Å². The van der Waals surface area contributed by atoms with Gasteiger partial charge in [0.05, 0.1) is 18.2 Å². The molecule has 3 amide bonds. The third-order valence-electron chi connectivity index (χ3n) is 7.65. The van der Waals surface area contributed by atoms with Crippen molar-refractivity contribution in [2.75, 3.05) is 19.6 Å². The minimum atomic E-state index is -0.928. The normalized spacial score (nSPS) is 32.5. The molecular weight excluding hydrogens is 410 g/mol. The maximum absolute atomic E-state index is 13.2. The third-order valence-corrected chi connectivity index (χ3v) is 7.65. The molecule has 5 rings (SSSR count). The third kappa shape index (κ3) is 3.85. The van der Waals surface area contributed by atoms with Crippen LogP contribution in [0.5, 0.6) is 5.75 Å². The lowest BCUT2D eigenvalue weighted by molar-refractivity contribution is -0.147. The maximum Gasteiger partial charge on any atom is 0.258 e. The molecule has 0 aromatic heterocycles. The number of rotatable bonds is 2. The first-order valence-electron chi connectivity index (χ1n) is 11.8. The van der Waals surface area contributed by atoms with Crippen molar-refractivity contribution in [3.8, 4) is 5.75 Å². The smallest absolute Gasteiger partial charge is 0.258 e. The number of benzene rings is 1. The lowest BCUT2D eigenvalue weighted by atomic mass is 9.76. The molecule has 0 bridgehead atoms. The fraction of sp³-hybridized carbons (Fsp3) is 0.625. The number of hydrogen-bond acceptors (Lipinski definition) is 5. The summed E-state index contributed by atoms with van der Waals surface area (Å²) in [7, 11) is 0. The Morgan fingerprint density at radius 3 is 2.81 bits per heavy atom. The predicted octanol–water partition coefficient (Wildman–Crippen LogP) is 1.67. The van der Waals surface area contributed by atoms with Gasteiger partial charge < -0.3 is 25.0 Å². The highest BCUT2D eigenvalue weighted by Crippen LogP contribution is 2.36. The van der Waals surface area contributed by atoms with Crippen LogP contribution in [0.3, 0.4) is 0 Å². The summed E-state index contributed by atoms with van der Waals surface area (Å²) in [4.78, 5) is 42.2. The standard InChI is InChI=1S/C24H31N3O5/c28-19-10-13-27(18-7-3-1-5-16(18)19)22(30)15-26-14-12-24(11-9-21(26)29)25-23(31)17-6-2-4-8-20(17)32-24/h2,4,6,8,16,18-19,28H,1,3,5,7,9-15H2,(H,25,31)/t16-,18-,19-,24-/m0/s1. The van der Waals surface area contributed by atoms with Crippen molar-refractivity contribution in [1.29, 1.82) is 0 Å². The van der Waals surface area contributed by atoms with Gasteiger partial charge in [-0.05, 0) is 31.4 Å². The molecule has 3 fully saturated rings. The Balaban J connectivity index is 1.26. The van der Waals surface area contributed by atoms with Gasteiger partial charge in [0.25, 0.3) is 5.91 Å². The van der Waals surface area contributed by atoms with Gasteiger partial charge in [0.1, 0.15) is 5.75 Å². The number of fused-ring (bicyclic) bond motifs is 2. The van der Waals surface area contributed by atoms with Crippen LogP contribution in [0, 0.1) is 5.92 Å². The van der Waals surface area contributed by atoms with Crippen LogP contribution in [-0.4, -0.2) is 70.1 Å². The number of para-hydroxylation sites is 1. The molecule has 2 N–H and O–H groups in total. The van der Waals surface area contributed by atoms with E-state index in [1.807, 2.05) is 11.0 Å². The second-order valence-corrected chi connectivity index (χ2v) is 9.57. The molecule has 8 heteroatoms. The number of nitrogens with one attached hydrogen (secondary N) is 1. The highest BCUT2D eigenvalue weighted by atomic mass is 16.5. The second kappa shape index (κ2) is 8.39. The highest BCUT2D eigenvalue weighted by molar-refractivity contribution is 5.98. The van der Waals surface area contributed by atoms with Gasteiger partial charge in [0, 0.05) is 44.3 Å². The van der Waals surface area contributed by atoms with Gasteiger partial charge in [0.2, 0.25) is 11.8 Å². The quantitative estimate of drug-likeness (QED) is 0.727. The molecule has 172 valence electrons. The van der Waals surface area contributed by atoms with Crippen molar-refractivity contribution in [2.24, 2.45) is 5.92 Å². The van der Waals surface area contributed by atoms with Gasteiger partial charge in [-0.2, -0.15) is 0 Å². The molecule has 1 aromatic rings. The van der Waals surface area contributed by atoms with E-state index in [1.54, 1.807) is 23.1 Å². The van der Waals surface area contributed by atoms with Crippen LogP contribution in [0.1, 0.15) is 61.7 Å². The van der Waals surface area contributed by atoms with Gasteiger partial charge in [-0.3, -0.25) is 14.4 Å². The van der Waals surface area contributed by atoms with E-state index >= 15 is 0 Å². The second-order valence-electron chi connectivity index (χ2n) is 9.57. The molecule has 4 atom stereocenters. The Hall–Kier alpha value is -2.61. The molecule has 8 nitrogen and oxygen atoms in total. The molecule has 1 aliphatic carbocycles. The number of amides is 3. The first-order chi connectivity index (χ1) is 15.5. The Labute approximate surface area is 187 Å². The number of hydrogen-bond donors (Lipinski definition) is 2. The van der Waals surface area contributed by atoms with Gasteiger partial charge in [-0.15, -0.1) is 0 Å². The summed E-state index contributed by atoms with van der Waals surface area (Å²) >= 11 is 0. The van der Waals surface area contributed by atoms with Crippen LogP contribution < -0.4 is 10.1 Å². The first kappa shape index (κ1) is 21.2. The Morgan fingerprint density at radius 2 is 1.94 bits per heavy atom. The molecule has 1 saturated carbocycles. The number of likely N-dealkylation sites (tertiary alicyclic amines) is 2. The van der Waals surface area contributed by atoms with Crippen molar-refractivity contribution in [1.82, 2.24) is 15.1 Å². The molecule has 1 spiro atoms. The summed E-state index contributed by atoms with van der Waals surface area (Å²) in [6, 6.07) is 7.19. The van der Waals surface area contributed by atoms with Crippen molar-refractivity contribution in [3.63, 3.8) is 0 Å². The van der Waals surface area contributed by atoms with Crippen LogP contribution >= 0.6 is 0 Å². The number of ether oxygens (including phenoxy) is 1. The molecule has 2 saturated heterocycles. The average molecular weight is 442 g/mol. The number of aliphatic hydroxyl groups is 1. The zero-order valence-electron chi connectivity index (χ0n) is 18.3. The predicted molar refractivity (Wildman–Crippen MR) is 116 cm³/mol. The number of piperidine rings is 1. The average Bonchev–Trinajstić information content (AvgIpc) is 2.94. The van der Waals surface area contributed by atoms with E-state index in [9.17, 15) is 19.5 Å². The molecule has 32 heavy (non-hydrogen) atoms. The lowest BCUT2D eigenvalue weighted by Crippen LogP contribution is -2.57. The van der Waals surface area contributed by atoms with Crippen LogP contribution in [-0.2, 0) is 9.59 Å². The number of nitrogens with zero attached hydrogens (tertiary/aromatic N) is 2. The van der Waals surface area contributed by atoms with E-state index in [0.717, 1.165) is 25.7 Å². The number of carbonyl (C=O) groups is 3. The number of aliphatic hydroxyl groups excluding tert-OH is 1. The molecule has 1 aromatic carbocycles. The van der Waals surface area contributed by atoms with E-state index in [-0.39, 0.29) is 48.8 Å². The molecular formula is C24H31N3O5. The van der Waals surface area contributed by atoms with Crippen molar-refractivity contribution in [2.45, 2.75) is 69.2 Å². The van der Waals surface area contributed by atoms with Gasteiger partial charge in [-0.25, -0.2) is 0 Å². The molecule has 3 heterocycles. The highest BCUT2D eigenvalue weighted by Gasteiger charge is 2.44. The zero-order valence-corrected chi connectivity index (χ0v) is 18.3. The van der Waals surface area contributed by atoms with E-state index in [0.29, 0.717) is 43.7 Å². The van der Waals surface area contributed by atoms with Crippen LogP contribution in [0.2, 0.25) is 0 Å². The summed E-state index contributed by atoms with van der Waals surface area (Å²) in [5.74, 6) is 0.346. The summed E-state index contributed by atoms with van der Waals surface area (Å²) < 4.78 is 6.18. The summed E-state index contributed by atoms with van der Waals surface area (Å²) in [6.07, 6.45) is 5.32. The molecule has 0 radical (unpaired) electrons. The van der Waals surface area contributed by atoms with Gasteiger partial charge in [-0.1, -0.05) is 25.0 Å². The fourth-order valence-corrected chi connectivity index (χ4v) is 5.87. The SMILES string of the molecule is O=C1N[C@@]2(CCC(=O)N(CC(=O)N3CC[C@H](O)[C@H]4CCCC[C@@H]43)CC2)Oc2ccccc21. The summed E-state index contributed by atoms with van der Waals surface area (Å²) in [5.41, 5.74) is -0.433. The minimum Gasteiger partial charge on any atom is -0.467 e. The Bertz CT molecular complexity index is 921. The van der Waals surface area contributed by atoms with Crippen molar-refractivity contribution < 1.29 is 24.2 Å².